The molecule has 130 valence electrons. The number of halogens is 1. The molecule has 2 aliphatic heterocycles. The molecule has 3 rings (SSSR count). The first-order valence-corrected chi connectivity index (χ1v) is 10.2. The number of carbonyl (C=O) groups excluding carboxylic acids is 1. The van der Waals surface area contributed by atoms with E-state index < -0.39 is 27.7 Å². The number of sulfone groups is 1. The van der Waals surface area contributed by atoms with E-state index in [9.17, 15) is 17.6 Å². The van der Waals surface area contributed by atoms with Gasteiger partial charge < -0.3 is 9.80 Å². The highest BCUT2D eigenvalue weighted by Gasteiger charge is 2.47. The number of hydrogen-bond donors (Lipinski definition) is 0. The number of amidine groups is 1. The molecular formula is C15H18FN3O3S2. The predicted molar refractivity (Wildman–Crippen MR) is 93.7 cm³/mol. The Morgan fingerprint density at radius 1 is 1.38 bits per heavy atom. The largest absolute Gasteiger partial charge is 0.348 e. The van der Waals surface area contributed by atoms with Crippen LogP contribution in [0.5, 0.6) is 0 Å². The number of thioether (sulfide) groups is 1. The monoisotopic (exact) mass is 371 g/mol. The van der Waals surface area contributed by atoms with Gasteiger partial charge in [0.25, 0.3) is 0 Å². The van der Waals surface area contributed by atoms with E-state index in [0.29, 0.717) is 10.9 Å². The summed E-state index contributed by atoms with van der Waals surface area (Å²) in [5, 5.41) is 0.500. The van der Waals surface area contributed by atoms with Crippen molar-refractivity contribution in [2.24, 2.45) is 4.99 Å². The zero-order valence-electron chi connectivity index (χ0n) is 13.3. The van der Waals surface area contributed by atoms with Crippen LogP contribution in [-0.2, 0) is 14.6 Å². The van der Waals surface area contributed by atoms with E-state index in [4.69, 9.17) is 0 Å². The van der Waals surface area contributed by atoms with Crippen molar-refractivity contribution in [2.45, 2.75) is 12.1 Å². The van der Waals surface area contributed by atoms with Gasteiger partial charge in [0.2, 0.25) is 5.91 Å². The molecule has 2 unspecified atom stereocenters. The van der Waals surface area contributed by atoms with Crippen LogP contribution < -0.4 is 4.90 Å². The Bertz CT molecular complexity index is 795. The van der Waals surface area contributed by atoms with Crippen LogP contribution in [0, 0.1) is 5.82 Å². The minimum Gasteiger partial charge on any atom is -0.348 e. The van der Waals surface area contributed by atoms with Gasteiger partial charge in [-0.3, -0.25) is 9.79 Å². The van der Waals surface area contributed by atoms with E-state index in [-0.39, 0.29) is 23.2 Å². The van der Waals surface area contributed by atoms with Crippen LogP contribution in [0.4, 0.5) is 10.1 Å². The van der Waals surface area contributed by atoms with Crippen molar-refractivity contribution < 1.29 is 17.6 Å². The lowest BCUT2D eigenvalue weighted by Crippen LogP contribution is -2.40. The van der Waals surface area contributed by atoms with Crippen molar-refractivity contribution >= 4 is 38.4 Å². The molecule has 1 saturated heterocycles. The normalized spacial score (nSPS) is 24.6. The Kier molecular flexibility index (Phi) is 4.56. The fourth-order valence-electron chi connectivity index (χ4n) is 2.82. The van der Waals surface area contributed by atoms with Gasteiger partial charge in [0, 0.05) is 14.1 Å². The molecule has 1 fully saturated rings. The molecule has 24 heavy (non-hydrogen) atoms. The van der Waals surface area contributed by atoms with Crippen LogP contribution in [0.1, 0.15) is 0 Å². The van der Waals surface area contributed by atoms with Gasteiger partial charge in [-0.2, -0.15) is 0 Å². The summed E-state index contributed by atoms with van der Waals surface area (Å²) in [5.74, 6) is -0.436. The third kappa shape index (κ3) is 3.27. The third-order valence-corrected chi connectivity index (χ3v) is 6.69. The topological polar surface area (TPSA) is 70.0 Å². The molecule has 2 atom stereocenters. The average molecular weight is 371 g/mol. The second-order valence-electron chi connectivity index (χ2n) is 6.02. The summed E-state index contributed by atoms with van der Waals surface area (Å²) in [6.07, 6.45) is 0. The maximum atomic E-state index is 14.3. The Morgan fingerprint density at radius 2 is 2.08 bits per heavy atom. The second kappa shape index (κ2) is 6.36. The smallest absolute Gasteiger partial charge is 0.232 e. The van der Waals surface area contributed by atoms with Gasteiger partial charge in [-0.15, -0.1) is 0 Å². The van der Waals surface area contributed by atoms with Crippen LogP contribution in [-0.4, -0.2) is 67.8 Å². The highest BCUT2D eigenvalue weighted by Crippen LogP contribution is 2.36. The van der Waals surface area contributed by atoms with E-state index in [1.807, 2.05) is 0 Å². The number of rotatable bonds is 3. The van der Waals surface area contributed by atoms with Gasteiger partial charge in [0.05, 0.1) is 35.0 Å². The van der Waals surface area contributed by atoms with E-state index in [0.717, 1.165) is 0 Å². The fraction of sp³-hybridized carbons (Fsp3) is 0.467. The second-order valence-corrected chi connectivity index (χ2v) is 9.12. The first kappa shape index (κ1) is 17.2. The average Bonchev–Trinajstić information content (AvgIpc) is 2.96. The molecule has 1 aromatic carbocycles. The number of carbonyl (C=O) groups is 1. The Balaban J connectivity index is 1.91. The molecule has 0 aromatic heterocycles. The van der Waals surface area contributed by atoms with Crippen molar-refractivity contribution in [1.82, 2.24) is 4.90 Å². The van der Waals surface area contributed by atoms with Crippen molar-refractivity contribution in [3.05, 3.63) is 30.1 Å². The highest BCUT2D eigenvalue weighted by molar-refractivity contribution is 8.14. The Hall–Kier alpha value is -1.61. The van der Waals surface area contributed by atoms with Crippen molar-refractivity contribution in [1.29, 1.82) is 0 Å². The molecule has 0 aliphatic carbocycles. The number of aliphatic imine (C=N–C) groups is 1. The van der Waals surface area contributed by atoms with Crippen molar-refractivity contribution in [2.75, 3.05) is 36.3 Å². The SMILES string of the molecule is CN(C)C(=O)CSC1=NC2CS(=O)(=O)CC2N1c1ccccc1F. The first-order valence-electron chi connectivity index (χ1n) is 7.43. The number of para-hydroxylation sites is 1. The molecule has 0 bridgehead atoms. The summed E-state index contributed by atoms with van der Waals surface area (Å²) in [5.41, 5.74) is 0.297. The lowest BCUT2D eigenvalue weighted by Gasteiger charge is -2.26. The number of hydrogen-bond acceptors (Lipinski definition) is 6. The summed E-state index contributed by atoms with van der Waals surface area (Å²) in [7, 11) is 0.141. The molecule has 0 radical (unpaired) electrons. The summed E-state index contributed by atoms with van der Waals surface area (Å²) in [6.45, 7) is 0. The van der Waals surface area contributed by atoms with Crippen LogP contribution >= 0.6 is 11.8 Å². The van der Waals surface area contributed by atoms with Crippen molar-refractivity contribution in [3.63, 3.8) is 0 Å². The summed E-state index contributed by atoms with van der Waals surface area (Å²) in [4.78, 5) is 19.4. The molecule has 0 saturated carbocycles. The van der Waals surface area contributed by atoms with Crippen LogP contribution in [0.3, 0.4) is 0 Å². The zero-order valence-corrected chi connectivity index (χ0v) is 15.0. The third-order valence-electron chi connectivity index (χ3n) is 4.04. The molecule has 2 aliphatic rings. The highest BCUT2D eigenvalue weighted by atomic mass is 32.2. The van der Waals surface area contributed by atoms with Gasteiger partial charge in [0.1, 0.15) is 5.82 Å². The van der Waals surface area contributed by atoms with Crippen molar-refractivity contribution in [3.8, 4) is 0 Å². The molecular weight excluding hydrogens is 353 g/mol. The lowest BCUT2D eigenvalue weighted by atomic mass is 10.1. The summed E-state index contributed by atoms with van der Waals surface area (Å²) >= 11 is 1.21. The van der Waals surface area contributed by atoms with Gasteiger partial charge >= 0.3 is 0 Å². The van der Waals surface area contributed by atoms with E-state index in [1.54, 1.807) is 37.2 Å². The Morgan fingerprint density at radius 3 is 2.75 bits per heavy atom. The lowest BCUT2D eigenvalue weighted by molar-refractivity contribution is -0.125. The minimum absolute atomic E-state index is 0.0334. The van der Waals surface area contributed by atoms with Gasteiger partial charge in [-0.1, -0.05) is 23.9 Å². The van der Waals surface area contributed by atoms with Gasteiger partial charge in [0.15, 0.2) is 15.0 Å². The maximum Gasteiger partial charge on any atom is 0.232 e. The summed E-state index contributed by atoms with van der Waals surface area (Å²) in [6, 6.07) is 5.39. The maximum absolute atomic E-state index is 14.3. The molecule has 1 amide bonds. The first-order chi connectivity index (χ1) is 11.3. The van der Waals surface area contributed by atoms with E-state index in [2.05, 4.69) is 4.99 Å². The molecule has 0 N–H and O–H groups in total. The predicted octanol–water partition coefficient (Wildman–Crippen LogP) is 0.989. The summed E-state index contributed by atoms with van der Waals surface area (Å²) < 4.78 is 38.1. The number of amides is 1. The quantitative estimate of drug-likeness (QED) is 0.793. The fourth-order valence-corrected chi connectivity index (χ4v) is 5.76. The zero-order chi connectivity index (χ0) is 17.5. The van der Waals surface area contributed by atoms with E-state index in [1.165, 1.54) is 22.7 Å². The number of benzene rings is 1. The van der Waals surface area contributed by atoms with E-state index >= 15 is 0 Å². The molecule has 1 aromatic rings. The number of anilines is 1. The molecule has 2 heterocycles. The Labute approximate surface area is 144 Å². The van der Waals surface area contributed by atoms with Crippen LogP contribution in [0.15, 0.2) is 29.3 Å². The minimum atomic E-state index is -3.18. The van der Waals surface area contributed by atoms with Gasteiger partial charge in [-0.05, 0) is 12.1 Å². The number of fused-ring (bicyclic) bond motifs is 1. The molecule has 9 heteroatoms. The number of nitrogens with zero attached hydrogens (tertiary/aromatic N) is 3. The standard InChI is InChI=1S/C15H18FN3O3S2/c1-18(2)14(20)7-23-15-17-11-8-24(21,22)9-13(11)19(15)12-6-4-3-5-10(12)16/h3-6,11,13H,7-9H2,1-2H3. The van der Waals surface area contributed by atoms with Crippen LogP contribution in [0.2, 0.25) is 0 Å². The molecule has 0 spiro atoms. The van der Waals surface area contributed by atoms with Crippen LogP contribution in [0.25, 0.3) is 0 Å². The molecule has 6 nitrogen and oxygen atoms in total. The van der Waals surface area contributed by atoms with Gasteiger partial charge in [-0.25, -0.2) is 12.8 Å².